The van der Waals surface area contributed by atoms with Gasteiger partial charge in [-0.15, -0.1) is 0 Å². The summed E-state index contributed by atoms with van der Waals surface area (Å²) in [6, 6.07) is 12.2. The van der Waals surface area contributed by atoms with E-state index in [2.05, 4.69) is 15.2 Å². The molecule has 2 atom stereocenters. The second-order valence-electron chi connectivity index (χ2n) is 7.33. The highest BCUT2D eigenvalue weighted by Gasteiger charge is 2.42. The lowest BCUT2D eigenvalue weighted by atomic mass is 9.91. The fourth-order valence-electron chi connectivity index (χ4n) is 3.84. The first-order chi connectivity index (χ1) is 15.1. The van der Waals surface area contributed by atoms with Gasteiger partial charge < -0.3 is 14.5 Å². The average Bonchev–Trinajstić information content (AvgIpc) is 2.79. The number of hydrogen-bond donors (Lipinski definition) is 1. The Kier molecular flexibility index (Phi) is 6.36. The molecule has 162 valence electrons. The Morgan fingerprint density at radius 2 is 1.94 bits per heavy atom. The number of carbonyl (C=O) groups excluding carboxylic acids is 2. The summed E-state index contributed by atoms with van der Waals surface area (Å²) < 4.78 is 5.15. The maximum atomic E-state index is 12.9. The standard InChI is InChI=1S/C22H24ClN5O3/c1-2-31-21(30)18-19(15-6-5-7-16(23)14-15)25-22(26-20(18)29)28-12-10-27(11-13-28)17-8-3-4-9-24-17/h3-9,14,18-19H,2,10-13H2,1H3,(H,25,26,29). The SMILES string of the molecule is CCOC(=O)C1C(=O)NC(N2CCN(c3ccccn3)CC2)=NC1c1cccc(Cl)c1. The van der Waals surface area contributed by atoms with Crippen LogP contribution in [-0.2, 0) is 14.3 Å². The zero-order valence-corrected chi connectivity index (χ0v) is 18.0. The van der Waals surface area contributed by atoms with Crippen molar-refractivity contribution >= 4 is 35.3 Å². The summed E-state index contributed by atoms with van der Waals surface area (Å²) in [4.78, 5) is 38.9. The normalized spacial score (nSPS) is 21.4. The molecule has 2 aliphatic rings. The van der Waals surface area contributed by atoms with E-state index in [1.54, 1.807) is 31.3 Å². The molecule has 3 heterocycles. The number of aliphatic imine (C=N–C) groups is 1. The maximum Gasteiger partial charge on any atom is 0.321 e. The first-order valence-electron chi connectivity index (χ1n) is 10.3. The predicted octanol–water partition coefficient (Wildman–Crippen LogP) is 2.26. The molecule has 1 fully saturated rings. The number of amides is 1. The van der Waals surface area contributed by atoms with E-state index < -0.39 is 23.8 Å². The van der Waals surface area contributed by atoms with Gasteiger partial charge in [0.15, 0.2) is 5.92 Å². The van der Waals surface area contributed by atoms with Gasteiger partial charge in [-0.3, -0.25) is 14.9 Å². The zero-order chi connectivity index (χ0) is 21.8. The van der Waals surface area contributed by atoms with E-state index >= 15 is 0 Å². The number of anilines is 1. The quantitative estimate of drug-likeness (QED) is 0.578. The summed E-state index contributed by atoms with van der Waals surface area (Å²) in [5.74, 6) is -0.669. The third-order valence-electron chi connectivity index (χ3n) is 5.38. The molecule has 1 amide bonds. The molecule has 2 aromatic rings. The molecular weight excluding hydrogens is 418 g/mol. The van der Waals surface area contributed by atoms with Gasteiger partial charge in [0, 0.05) is 37.4 Å². The number of piperazine rings is 1. The van der Waals surface area contributed by atoms with Crippen molar-refractivity contribution in [2.24, 2.45) is 10.9 Å². The number of halogens is 1. The van der Waals surface area contributed by atoms with Crippen LogP contribution in [0.4, 0.5) is 5.82 Å². The van der Waals surface area contributed by atoms with E-state index in [4.69, 9.17) is 21.3 Å². The lowest BCUT2D eigenvalue weighted by Crippen LogP contribution is -2.57. The summed E-state index contributed by atoms with van der Waals surface area (Å²) in [5, 5.41) is 3.33. The van der Waals surface area contributed by atoms with E-state index in [0.29, 0.717) is 29.6 Å². The second kappa shape index (κ2) is 9.34. The Morgan fingerprint density at radius 3 is 2.61 bits per heavy atom. The van der Waals surface area contributed by atoms with Crippen LogP contribution in [0.25, 0.3) is 0 Å². The van der Waals surface area contributed by atoms with Gasteiger partial charge in [0.25, 0.3) is 0 Å². The molecule has 9 heteroatoms. The number of esters is 1. The van der Waals surface area contributed by atoms with Gasteiger partial charge in [-0.1, -0.05) is 29.8 Å². The number of pyridine rings is 1. The van der Waals surface area contributed by atoms with E-state index in [1.165, 1.54) is 0 Å². The average molecular weight is 442 g/mol. The third kappa shape index (κ3) is 4.64. The fraction of sp³-hybridized carbons (Fsp3) is 0.364. The summed E-state index contributed by atoms with van der Waals surface area (Å²) in [6.45, 7) is 4.73. The van der Waals surface area contributed by atoms with Gasteiger partial charge >= 0.3 is 5.97 Å². The molecule has 1 aromatic heterocycles. The van der Waals surface area contributed by atoms with Crippen molar-refractivity contribution in [1.29, 1.82) is 0 Å². The van der Waals surface area contributed by atoms with Crippen LogP contribution in [0.5, 0.6) is 0 Å². The van der Waals surface area contributed by atoms with Crippen molar-refractivity contribution in [2.45, 2.75) is 13.0 Å². The number of aromatic nitrogens is 1. The number of ether oxygens (including phenoxy) is 1. The minimum absolute atomic E-state index is 0.191. The molecule has 0 radical (unpaired) electrons. The maximum absolute atomic E-state index is 12.9. The molecule has 0 aliphatic carbocycles. The molecule has 4 rings (SSSR count). The van der Waals surface area contributed by atoms with Gasteiger partial charge in [0.05, 0.1) is 6.61 Å². The highest BCUT2D eigenvalue weighted by atomic mass is 35.5. The summed E-state index contributed by atoms with van der Waals surface area (Å²) in [6.07, 6.45) is 1.78. The fourth-order valence-corrected chi connectivity index (χ4v) is 4.04. The molecule has 1 N–H and O–H groups in total. The van der Waals surface area contributed by atoms with E-state index in [0.717, 1.165) is 18.9 Å². The number of nitrogens with zero attached hydrogens (tertiary/aromatic N) is 4. The van der Waals surface area contributed by atoms with Crippen LogP contribution in [0.15, 0.2) is 53.7 Å². The first kappa shape index (κ1) is 21.1. The van der Waals surface area contributed by atoms with Crippen LogP contribution in [0, 0.1) is 5.92 Å². The molecule has 31 heavy (non-hydrogen) atoms. The molecule has 0 saturated carbocycles. The van der Waals surface area contributed by atoms with Crippen LogP contribution in [0.2, 0.25) is 5.02 Å². The number of carbonyl (C=O) groups is 2. The van der Waals surface area contributed by atoms with Crippen molar-refractivity contribution in [2.75, 3.05) is 37.7 Å². The van der Waals surface area contributed by atoms with Crippen LogP contribution in [-0.4, -0.2) is 60.5 Å². The predicted molar refractivity (Wildman–Crippen MR) is 118 cm³/mol. The summed E-state index contributed by atoms with van der Waals surface area (Å²) >= 11 is 6.16. The zero-order valence-electron chi connectivity index (χ0n) is 17.2. The van der Waals surface area contributed by atoms with E-state index in [1.807, 2.05) is 29.2 Å². The lowest BCUT2D eigenvalue weighted by molar-refractivity contribution is -0.153. The highest BCUT2D eigenvalue weighted by Crippen LogP contribution is 2.32. The summed E-state index contributed by atoms with van der Waals surface area (Å²) in [7, 11) is 0. The Balaban J connectivity index is 1.57. The van der Waals surface area contributed by atoms with Crippen molar-refractivity contribution < 1.29 is 14.3 Å². The Morgan fingerprint density at radius 1 is 1.16 bits per heavy atom. The van der Waals surface area contributed by atoms with E-state index in [-0.39, 0.29) is 6.61 Å². The van der Waals surface area contributed by atoms with Crippen LogP contribution >= 0.6 is 11.6 Å². The molecule has 8 nitrogen and oxygen atoms in total. The van der Waals surface area contributed by atoms with Crippen molar-refractivity contribution in [3.8, 4) is 0 Å². The topological polar surface area (TPSA) is 87.1 Å². The Labute approximate surface area is 185 Å². The number of nitrogens with one attached hydrogen (secondary N) is 1. The molecule has 0 spiro atoms. The van der Waals surface area contributed by atoms with Gasteiger partial charge in [0.2, 0.25) is 11.9 Å². The number of benzene rings is 1. The molecule has 0 bridgehead atoms. The van der Waals surface area contributed by atoms with Crippen molar-refractivity contribution in [3.63, 3.8) is 0 Å². The number of hydrogen-bond acceptors (Lipinski definition) is 7. The van der Waals surface area contributed by atoms with Crippen molar-refractivity contribution in [1.82, 2.24) is 15.2 Å². The van der Waals surface area contributed by atoms with Crippen LogP contribution < -0.4 is 10.2 Å². The molecule has 1 aromatic carbocycles. The Hall–Kier alpha value is -3.13. The van der Waals surface area contributed by atoms with Gasteiger partial charge in [-0.05, 0) is 36.8 Å². The molecular formula is C22H24ClN5O3. The third-order valence-corrected chi connectivity index (χ3v) is 5.61. The molecule has 2 unspecified atom stereocenters. The van der Waals surface area contributed by atoms with Gasteiger partial charge in [-0.25, -0.2) is 9.98 Å². The van der Waals surface area contributed by atoms with Gasteiger partial charge in [-0.2, -0.15) is 0 Å². The molecule has 2 aliphatic heterocycles. The van der Waals surface area contributed by atoms with Crippen molar-refractivity contribution in [3.05, 3.63) is 59.2 Å². The minimum Gasteiger partial charge on any atom is -0.465 e. The largest absolute Gasteiger partial charge is 0.465 e. The van der Waals surface area contributed by atoms with Crippen LogP contribution in [0.1, 0.15) is 18.5 Å². The summed E-state index contributed by atoms with van der Waals surface area (Å²) in [5.41, 5.74) is 0.699. The first-order valence-corrected chi connectivity index (χ1v) is 10.7. The lowest BCUT2D eigenvalue weighted by Gasteiger charge is -2.39. The van der Waals surface area contributed by atoms with Crippen LogP contribution in [0.3, 0.4) is 0 Å². The molecule has 1 saturated heterocycles. The Bertz CT molecular complexity index is 976. The second-order valence-corrected chi connectivity index (χ2v) is 7.77. The monoisotopic (exact) mass is 441 g/mol. The highest BCUT2D eigenvalue weighted by molar-refractivity contribution is 6.30. The van der Waals surface area contributed by atoms with Gasteiger partial charge in [0.1, 0.15) is 11.9 Å². The van der Waals surface area contributed by atoms with E-state index in [9.17, 15) is 9.59 Å². The smallest absolute Gasteiger partial charge is 0.321 e. The minimum atomic E-state index is -1.06. The number of rotatable bonds is 4. The number of guanidine groups is 1.